The summed E-state index contributed by atoms with van der Waals surface area (Å²) in [7, 11) is 0. The second-order valence-electron chi connectivity index (χ2n) is 3.76. The van der Waals surface area contributed by atoms with Crippen molar-refractivity contribution in [3.8, 4) is 11.5 Å². The summed E-state index contributed by atoms with van der Waals surface area (Å²) in [5.41, 5.74) is 0.263. The summed E-state index contributed by atoms with van der Waals surface area (Å²) >= 11 is 0. The van der Waals surface area contributed by atoms with E-state index in [0.29, 0.717) is 0 Å². The van der Waals surface area contributed by atoms with E-state index >= 15 is 0 Å². The molecule has 0 bridgehead atoms. The maximum absolute atomic E-state index is 13.6. The third kappa shape index (κ3) is 2.71. The van der Waals surface area contributed by atoms with Crippen LogP contribution in [0.1, 0.15) is 17.3 Å². The molecule has 2 nitrogen and oxygen atoms in total. The van der Waals surface area contributed by atoms with Gasteiger partial charge in [-0.2, -0.15) is 0 Å². The van der Waals surface area contributed by atoms with Gasteiger partial charge in [-0.1, -0.05) is 6.07 Å². The van der Waals surface area contributed by atoms with E-state index in [4.69, 9.17) is 4.74 Å². The summed E-state index contributed by atoms with van der Waals surface area (Å²) in [5.74, 6) is -1.21. The van der Waals surface area contributed by atoms with Crippen molar-refractivity contribution >= 4 is 5.78 Å². The van der Waals surface area contributed by atoms with Crippen molar-refractivity contribution in [1.82, 2.24) is 0 Å². The summed E-state index contributed by atoms with van der Waals surface area (Å²) in [4.78, 5) is 11.1. The van der Waals surface area contributed by atoms with Gasteiger partial charge in [-0.25, -0.2) is 8.78 Å². The van der Waals surface area contributed by atoms with E-state index in [9.17, 15) is 13.6 Å². The molecule has 2 rings (SSSR count). The highest BCUT2D eigenvalue weighted by Gasteiger charge is 2.08. The van der Waals surface area contributed by atoms with Crippen LogP contribution in [0.3, 0.4) is 0 Å². The van der Waals surface area contributed by atoms with Crippen LogP contribution in [0.4, 0.5) is 8.78 Å². The lowest BCUT2D eigenvalue weighted by atomic mass is 10.1. The molecule has 0 aliphatic carbocycles. The second kappa shape index (κ2) is 4.96. The Morgan fingerprint density at radius 2 is 1.89 bits per heavy atom. The molecule has 0 aliphatic rings. The molecule has 0 heterocycles. The van der Waals surface area contributed by atoms with Crippen LogP contribution >= 0.6 is 0 Å². The fourth-order valence-corrected chi connectivity index (χ4v) is 1.46. The Morgan fingerprint density at radius 1 is 1.11 bits per heavy atom. The van der Waals surface area contributed by atoms with E-state index in [1.807, 2.05) is 0 Å². The Balaban J connectivity index is 2.27. The van der Waals surface area contributed by atoms with Crippen LogP contribution in [-0.2, 0) is 0 Å². The number of rotatable bonds is 3. The van der Waals surface area contributed by atoms with Gasteiger partial charge in [0.2, 0.25) is 0 Å². The summed E-state index contributed by atoms with van der Waals surface area (Å²) in [5, 5.41) is 0. The average molecular weight is 248 g/mol. The minimum Gasteiger partial charge on any atom is -0.454 e. The van der Waals surface area contributed by atoms with Crippen molar-refractivity contribution in [2.75, 3.05) is 0 Å². The standard InChI is InChI=1S/C14H10F2O2/c1-9(17)10-5-6-14(13(16)7-10)18-12-4-2-3-11(15)8-12/h2-8H,1H3. The zero-order valence-corrected chi connectivity index (χ0v) is 9.61. The molecule has 18 heavy (non-hydrogen) atoms. The van der Waals surface area contributed by atoms with E-state index in [-0.39, 0.29) is 22.8 Å². The monoisotopic (exact) mass is 248 g/mol. The number of hydrogen-bond acceptors (Lipinski definition) is 2. The molecular weight excluding hydrogens is 238 g/mol. The molecule has 0 saturated heterocycles. The quantitative estimate of drug-likeness (QED) is 0.768. The molecule has 2 aromatic rings. The summed E-state index contributed by atoms with van der Waals surface area (Å²) in [6.45, 7) is 1.35. The van der Waals surface area contributed by atoms with Gasteiger partial charge in [0.05, 0.1) is 0 Å². The van der Waals surface area contributed by atoms with Gasteiger partial charge in [0.1, 0.15) is 11.6 Å². The highest BCUT2D eigenvalue weighted by Crippen LogP contribution is 2.25. The lowest BCUT2D eigenvalue weighted by Gasteiger charge is -2.07. The molecule has 0 spiro atoms. The van der Waals surface area contributed by atoms with Crippen LogP contribution in [0, 0.1) is 11.6 Å². The van der Waals surface area contributed by atoms with Crippen LogP contribution in [0.5, 0.6) is 11.5 Å². The fraction of sp³-hybridized carbons (Fsp3) is 0.0714. The number of halogens is 2. The Hall–Kier alpha value is -2.23. The van der Waals surface area contributed by atoms with E-state index in [0.717, 1.165) is 12.1 Å². The molecule has 0 unspecified atom stereocenters. The van der Waals surface area contributed by atoms with Gasteiger partial charge >= 0.3 is 0 Å². The van der Waals surface area contributed by atoms with Crippen molar-refractivity contribution in [3.63, 3.8) is 0 Å². The van der Waals surface area contributed by atoms with Crippen molar-refractivity contribution in [1.29, 1.82) is 0 Å². The Morgan fingerprint density at radius 3 is 2.50 bits per heavy atom. The first-order valence-corrected chi connectivity index (χ1v) is 5.30. The molecule has 0 saturated carbocycles. The van der Waals surface area contributed by atoms with Gasteiger partial charge < -0.3 is 4.74 Å². The molecular formula is C14H10F2O2. The summed E-state index contributed by atoms with van der Waals surface area (Å²) in [6.07, 6.45) is 0. The lowest BCUT2D eigenvalue weighted by molar-refractivity contribution is 0.101. The van der Waals surface area contributed by atoms with Crippen LogP contribution in [0.25, 0.3) is 0 Å². The number of Topliss-reactive ketones (excluding diaryl/α,β-unsaturated/α-hetero) is 1. The SMILES string of the molecule is CC(=O)c1ccc(Oc2cccc(F)c2)c(F)c1. The number of hydrogen-bond donors (Lipinski definition) is 0. The van der Waals surface area contributed by atoms with Crippen LogP contribution in [0.15, 0.2) is 42.5 Å². The van der Waals surface area contributed by atoms with E-state index in [1.54, 1.807) is 0 Å². The van der Waals surface area contributed by atoms with Gasteiger partial charge in [0.15, 0.2) is 17.3 Å². The molecule has 0 aliphatic heterocycles. The highest BCUT2D eigenvalue weighted by molar-refractivity contribution is 5.94. The van der Waals surface area contributed by atoms with E-state index < -0.39 is 11.6 Å². The molecule has 0 amide bonds. The third-order valence-electron chi connectivity index (χ3n) is 2.36. The first-order valence-electron chi connectivity index (χ1n) is 5.30. The van der Waals surface area contributed by atoms with Crippen LogP contribution in [0.2, 0.25) is 0 Å². The first kappa shape index (κ1) is 12.2. The van der Waals surface area contributed by atoms with Gasteiger partial charge in [0.25, 0.3) is 0 Å². The Labute approximate surface area is 103 Å². The summed E-state index contributed by atoms with van der Waals surface area (Å²) < 4.78 is 31.7. The highest BCUT2D eigenvalue weighted by atomic mass is 19.1. The minimum absolute atomic E-state index is 0.0504. The van der Waals surface area contributed by atoms with E-state index in [2.05, 4.69) is 0 Å². The predicted octanol–water partition coefficient (Wildman–Crippen LogP) is 3.96. The minimum atomic E-state index is -0.660. The zero-order valence-electron chi connectivity index (χ0n) is 9.61. The largest absolute Gasteiger partial charge is 0.454 e. The molecule has 2 aromatic carbocycles. The van der Waals surface area contributed by atoms with E-state index in [1.165, 1.54) is 37.3 Å². The molecule has 0 fully saturated rings. The zero-order chi connectivity index (χ0) is 13.1. The topological polar surface area (TPSA) is 26.3 Å². The van der Waals surface area contributed by atoms with Gasteiger partial charge in [-0.3, -0.25) is 4.79 Å². The van der Waals surface area contributed by atoms with Gasteiger partial charge in [-0.05, 0) is 37.3 Å². The average Bonchev–Trinajstić information content (AvgIpc) is 2.31. The number of ether oxygens (including phenoxy) is 1. The number of carbonyl (C=O) groups excluding carboxylic acids is 1. The fourth-order valence-electron chi connectivity index (χ4n) is 1.46. The first-order chi connectivity index (χ1) is 8.56. The Bertz CT molecular complexity index is 594. The van der Waals surface area contributed by atoms with Gasteiger partial charge in [-0.15, -0.1) is 0 Å². The number of ketones is 1. The molecule has 92 valence electrons. The molecule has 4 heteroatoms. The summed E-state index contributed by atoms with van der Waals surface area (Å²) in [6, 6.07) is 9.29. The van der Waals surface area contributed by atoms with Crippen molar-refractivity contribution in [3.05, 3.63) is 59.7 Å². The third-order valence-corrected chi connectivity index (χ3v) is 2.36. The molecule has 0 aromatic heterocycles. The van der Waals surface area contributed by atoms with Crippen molar-refractivity contribution < 1.29 is 18.3 Å². The number of carbonyl (C=O) groups is 1. The van der Waals surface area contributed by atoms with Crippen LogP contribution in [-0.4, -0.2) is 5.78 Å². The van der Waals surface area contributed by atoms with Crippen molar-refractivity contribution in [2.45, 2.75) is 6.92 Å². The Kier molecular flexibility index (Phi) is 3.37. The van der Waals surface area contributed by atoms with Gasteiger partial charge in [0, 0.05) is 11.6 Å². The van der Waals surface area contributed by atoms with Crippen molar-refractivity contribution in [2.24, 2.45) is 0 Å². The predicted molar refractivity (Wildman–Crippen MR) is 62.9 cm³/mol. The lowest BCUT2D eigenvalue weighted by Crippen LogP contribution is -1.95. The number of benzene rings is 2. The normalized spacial score (nSPS) is 10.2. The van der Waals surface area contributed by atoms with Crippen LogP contribution < -0.4 is 4.74 Å². The maximum atomic E-state index is 13.6. The molecule has 0 radical (unpaired) electrons. The smallest absolute Gasteiger partial charge is 0.166 e. The molecule has 0 atom stereocenters. The second-order valence-corrected chi connectivity index (χ2v) is 3.76. The molecule has 0 N–H and O–H groups in total. The maximum Gasteiger partial charge on any atom is 0.166 e.